The van der Waals surface area contributed by atoms with E-state index in [-0.39, 0.29) is 23.8 Å². The summed E-state index contributed by atoms with van der Waals surface area (Å²) in [6.07, 6.45) is 0.712. The molecule has 146 valence electrons. The Labute approximate surface area is 163 Å². The van der Waals surface area contributed by atoms with Crippen LogP contribution in [0.1, 0.15) is 23.6 Å². The highest BCUT2D eigenvalue weighted by atomic mass is 19.1. The van der Waals surface area contributed by atoms with Gasteiger partial charge in [-0.1, -0.05) is 30.3 Å². The van der Waals surface area contributed by atoms with Crippen molar-refractivity contribution in [2.24, 2.45) is 16.8 Å². The summed E-state index contributed by atoms with van der Waals surface area (Å²) in [5.41, 5.74) is 7.85. The number of rotatable bonds is 4. The van der Waals surface area contributed by atoms with E-state index in [2.05, 4.69) is 5.10 Å². The zero-order valence-electron chi connectivity index (χ0n) is 15.7. The SMILES string of the molecule is CN(CCCN)C(=O)N1N=C2c3cc(F)ccc3OC[C@@H]2[C@@H]1c1ccccc1. The number of halogens is 1. The van der Waals surface area contributed by atoms with E-state index in [1.807, 2.05) is 30.3 Å². The number of nitrogens with two attached hydrogens (primary N) is 1. The van der Waals surface area contributed by atoms with Crippen LogP contribution in [0.3, 0.4) is 0 Å². The van der Waals surface area contributed by atoms with E-state index in [1.54, 1.807) is 18.0 Å². The summed E-state index contributed by atoms with van der Waals surface area (Å²) in [4.78, 5) is 14.8. The maximum Gasteiger partial charge on any atom is 0.340 e. The van der Waals surface area contributed by atoms with Crippen LogP contribution in [0.2, 0.25) is 0 Å². The van der Waals surface area contributed by atoms with Crippen LogP contribution in [-0.2, 0) is 0 Å². The van der Waals surface area contributed by atoms with Crippen LogP contribution in [0.5, 0.6) is 5.75 Å². The highest BCUT2D eigenvalue weighted by Gasteiger charge is 2.45. The third kappa shape index (κ3) is 3.22. The summed E-state index contributed by atoms with van der Waals surface area (Å²) in [5, 5.41) is 6.17. The molecule has 0 fully saturated rings. The Balaban J connectivity index is 1.74. The van der Waals surface area contributed by atoms with Crippen LogP contribution in [0.25, 0.3) is 0 Å². The van der Waals surface area contributed by atoms with Crippen molar-refractivity contribution in [3.8, 4) is 5.75 Å². The third-order valence-electron chi connectivity index (χ3n) is 5.21. The number of urea groups is 1. The van der Waals surface area contributed by atoms with Crippen molar-refractivity contribution in [3.05, 3.63) is 65.5 Å². The number of hydrogen-bond donors (Lipinski definition) is 1. The number of ether oxygens (including phenoxy) is 1. The number of amides is 2. The largest absolute Gasteiger partial charge is 0.492 e. The predicted octanol–water partition coefficient (Wildman–Crippen LogP) is 3.00. The lowest BCUT2D eigenvalue weighted by atomic mass is 9.86. The van der Waals surface area contributed by atoms with Crippen molar-refractivity contribution in [2.45, 2.75) is 12.5 Å². The minimum atomic E-state index is -0.355. The van der Waals surface area contributed by atoms with Crippen molar-refractivity contribution < 1.29 is 13.9 Å². The van der Waals surface area contributed by atoms with Crippen LogP contribution >= 0.6 is 0 Å². The molecule has 0 spiro atoms. The van der Waals surface area contributed by atoms with Crippen LogP contribution in [0, 0.1) is 11.7 Å². The summed E-state index contributed by atoms with van der Waals surface area (Å²) in [7, 11) is 1.74. The van der Waals surface area contributed by atoms with Crippen molar-refractivity contribution >= 4 is 11.7 Å². The Morgan fingerprint density at radius 1 is 1.32 bits per heavy atom. The molecular formula is C21H23FN4O2. The van der Waals surface area contributed by atoms with Crippen LogP contribution < -0.4 is 10.5 Å². The Hall–Kier alpha value is -2.93. The molecule has 28 heavy (non-hydrogen) atoms. The number of carbonyl (C=O) groups is 1. The Bertz CT molecular complexity index is 903. The van der Waals surface area contributed by atoms with E-state index in [4.69, 9.17) is 10.5 Å². The average Bonchev–Trinajstić information content (AvgIpc) is 3.12. The molecule has 6 nitrogen and oxygen atoms in total. The molecule has 0 saturated heterocycles. The van der Waals surface area contributed by atoms with E-state index in [0.717, 1.165) is 5.56 Å². The number of nitrogens with zero attached hydrogens (tertiary/aromatic N) is 3. The van der Waals surface area contributed by atoms with Gasteiger partial charge in [0.25, 0.3) is 0 Å². The highest BCUT2D eigenvalue weighted by molar-refractivity contribution is 6.07. The second-order valence-electron chi connectivity index (χ2n) is 7.09. The Kier molecular flexibility index (Phi) is 5.00. The van der Waals surface area contributed by atoms with Crippen molar-refractivity contribution in [3.63, 3.8) is 0 Å². The van der Waals surface area contributed by atoms with E-state index in [0.29, 0.717) is 43.1 Å². The normalized spacial score (nSPS) is 20.1. The first-order chi connectivity index (χ1) is 13.6. The summed E-state index contributed by atoms with van der Waals surface area (Å²) in [5.74, 6) is 0.0735. The molecule has 2 aliphatic heterocycles. The fraction of sp³-hybridized carbons (Fsp3) is 0.333. The molecule has 2 amide bonds. The first-order valence-electron chi connectivity index (χ1n) is 9.40. The summed E-state index contributed by atoms with van der Waals surface area (Å²) >= 11 is 0. The second-order valence-corrected chi connectivity index (χ2v) is 7.09. The van der Waals surface area contributed by atoms with E-state index >= 15 is 0 Å². The number of hydrogen-bond acceptors (Lipinski definition) is 4. The predicted molar refractivity (Wildman–Crippen MR) is 105 cm³/mol. The van der Waals surface area contributed by atoms with Gasteiger partial charge in [0, 0.05) is 19.2 Å². The third-order valence-corrected chi connectivity index (χ3v) is 5.21. The van der Waals surface area contributed by atoms with Gasteiger partial charge in [-0.3, -0.25) is 0 Å². The lowest BCUT2D eigenvalue weighted by Crippen LogP contribution is -2.41. The topological polar surface area (TPSA) is 71.2 Å². The molecule has 0 bridgehead atoms. The van der Waals surface area contributed by atoms with Gasteiger partial charge in [0.2, 0.25) is 0 Å². The molecule has 2 aliphatic rings. The Morgan fingerprint density at radius 3 is 2.86 bits per heavy atom. The smallest absolute Gasteiger partial charge is 0.340 e. The minimum Gasteiger partial charge on any atom is -0.492 e. The van der Waals surface area contributed by atoms with Gasteiger partial charge < -0.3 is 15.4 Å². The van der Waals surface area contributed by atoms with Gasteiger partial charge in [0.15, 0.2) is 0 Å². The molecule has 2 atom stereocenters. The lowest BCUT2D eigenvalue weighted by Gasteiger charge is -2.31. The lowest BCUT2D eigenvalue weighted by molar-refractivity contribution is 0.133. The molecule has 2 heterocycles. The first-order valence-corrected chi connectivity index (χ1v) is 9.40. The van der Waals surface area contributed by atoms with Crippen molar-refractivity contribution in [1.29, 1.82) is 0 Å². The van der Waals surface area contributed by atoms with Gasteiger partial charge in [-0.05, 0) is 36.7 Å². The summed E-state index contributed by atoms with van der Waals surface area (Å²) in [6, 6.07) is 13.6. The van der Waals surface area contributed by atoms with E-state index in [1.165, 1.54) is 17.1 Å². The maximum atomic E-state index is 13.9. The fourth-order valence-corrected chi connectivity index (χ4v) is 3.79. The monoisotopic (exact) mass is 382 g/mol. The highest BCUT2D eigenvalue weighted by Crippen LogP contribution is 2.42. The molecule has 2 N–H and O–H groups in total. The number of hydrazone groups is 1. The molecule has 0 aliphatic carbocycles. The van der Waals surface area contributed by atoms with Crippen LogP contribution in [-0.4, -0.2) is 48.4 Å². The summed E-state index contributed by atoms with van der Waals surface area (Å²) < 4.78 is 19.8. The molecular weight excluding hydrogens is 359 g/mol. The molecule has 7 heteroatoms. The van der Waals surface area contributed by atoms with Crippen LogP contribution in [0.4, 0.5) is 9.18 Å². The second kappa shape index (κ2) is 7.59. The van der Waals surface area contributed by atoms with Crippen molar-refractivity contribution in [2.75, 3.05) is 26.7 Å². The molecule has 2 aromatic carbocycles. The zero-order valence-corrected chi connectivity index (χ0v) is 15.7. The zero-order chi connectivity index (χ0) is 19.7. The van der Waals surface area contributed by atoms with Gasteiger partial charge in [-0.15, -0.1) is 0 Å². The quantitative estimate of drug-likeness (QED) is 0.884. The number of benzene rings is 2. The molecule has 0 saturated carbocycles. The van der Waals surface area contributed by atoms with Crippen LogP contribution in [0.15, 0.2) is 53.6 Å². The first kappa shape index (κ1) is 18.4. The number of fused-ring (bicyclic) bond motifs is 3. The molecule has 0 aromatic heterocycles. The van der Waals surface area contributed by atoms with E-state index < -0.39 is 0 Å². The molecule has 0 radical (unpaired) electrons. The standard InChI is InChI=1S/C21H23FN4O2/c1-25(11-5-10-23)21(27)26-20(14-6-3-2-4-7-14)17-13-28-18-9-8-15(22)12-16(18)19(17)24-26/h2-4,6-9,12,17,20H,5,10-11,13,23H2,1H3/t17-,20-/m0/s1. The fourth-order valence-electron chi connectivity index (χ4n) is 3.79. The average molecular weight is 382 g/mol. The molecule has 2 aromatic rings. The molecule has 0 unspecified atom stereocenters. The molecule has 4 rings (SSSR count). The number of carbonyl (C=O) groups excluding carboxylic acids is 1. The Morgan fingerprint density at radius 2 is 2.11 bits per heavy atom. The van der Waals surface area contributed by atoms with Gasteiger partial charge in [0.1, 0.15) is 11.6 Å². The van der Waals surface area contributed by atoms with Gasteiger partial charge in [-0.2, -0.15) is 5.10 Å². The van der Waals surface area contributed by atoms with E-state index in [9.17, 15) is 9.18 Å². The van der Waals surface area contributed by atoms with Gasteiger partial charge in [0.05, 0.1) is 24.3 Å². The van der Waals surface area contributed by atoms with Gasteiger partial charge >= 0.3 is 6.03 Å². The minimum absolute atomic E-state index is 0.163. The van der Waals surface area contributed by atoms with Crippen molar-refractivity contribution in [1.82, 2.24) is 9.91 Å². The maximum absolute atomic E-state index is 13.9. The summed E-state index contributed by atoms with van der Waals surface area (Å²) in [6.45, 7) is 1.44. The van der Waals surface area contributed by atoms with Gasteiger partial charge in [-0.25, -0.2) is 14.2 Å².